The molecule has 0 aliphatic carbocycles. The SMILES string of the molecule is CCOCC1CCN(C(=NC)NCCCCSC)C1. The summed E-state index contributed by atoms with van der Waals surface area (Å²) in [6.07, 6.45) is 5.87. The number of hydrogen-bond donors (Lipinski definition) is 1. The molecule has 1 rings (SSSR count). The first kappa shape index (κ1) is 16.6. The highest BCUT2D eigenvalue weighted by molar-refractivity contribution is 7.98. The van der Waals surface area contributed by atoms with E-state index in [-0.39, 0.29) is 0 Å². The molecule has 0 saturated carbocycles. The van der Waals surface area contributed by atoms with E-state index in [2.05, 4.69) is 28.4 Å². The monoisotopic (exact) mass is 287 g/mol. The lowest BCUT2D eigenvalue weighted by atomic mass is 10.1. The molecular formula is C14H29N3OS. The molecule has 0 bridgehead atoms. The summed E-state index contributed by atoms with van der Waals surface area (Å²) in [6, 6.07) is 0. The van der Waals surface area contributed by atoms with Gasteiger partial charge in [-0.1, -0.05) is 0 Å². The number of thioether (sulfide) groups is 1. The highest BCUT2D eigenvalue weighted by Crippen LogP contribution is 2.16. The van der Waals surface area contributed by atoms with E-state index in [0.29, 0.717) is 5.92 Å². The number of ether oxygens (including phenoxy) is 1. The maximum Gasteiger partial charge on any atom is 0.193 e. The highest BCUT2D eigenvalue weighted by Gasteiger charge is 2.24. The summed E-state index contributed by atoms with van der Waals surface area (Å²) in [6.45, 7) is 6.96. The molecule has 1 aliphatic heterocycles. The van der Waals surface area contributed by atoms with Gasteiger partial charge in [0.1, 0.15) is 0 Å². The van der Waals surface area contributed by atoms with Crippen LogP contribution in [-0.2, 0) is 4.74 Å². The van der Waals surface area contributed by atoms with Crippen molar-refractivity contribution in [3.63, 3.8) is 0 Å². The summed E-state index contributed by atoms with van der Waals surface area (Å²) >= 11 is 1.92. The molecule has 5 heteroatoms. The zero-order chi connectivity index (χ0) is 13.9. The van der Waals surface area contributed by atoms with Crippen LogP contribution in [0.2, 0.25) is 0 Å². The van der Waals surface area contributed by atoms with Crippen LogP contribution in [0.1, 0.15) is 26.2 Å². The molecule has 0 aromatic carbocycles. The third-order valence-corrected chi connectivity index (χ3v) is 4.11. The van der Waals surface area contributed by atoms with Crippen LogP contribution in [0.15, 0.2) is 4.99 Å². The van der Waals surface area contributed by atoms with Crippen molar-refractivity contribution in [3.8, 4) is 0 Å². The molecular weight excluding hydrogens is 258 g/mol. The van der Waals surface area contributed by atoms with Crippen molar-refractivity contribution >= 4 is 17.7 Å². The van der Waals surface area contributed by atoms with Gasteiger partial charge in [-0.05, 0) is 38.2 Å². The number of guanidine groups is 1. The molecule has 0 amide bonds. The van der Waals surface area contributed by atoms with Crippen LogP contribution in [0.4, 0.5) is 0 Å². The molecule has 0 aromatic rings. The Labute approximate surface area is 122 Å². The number of hydrogen-bond acceptors (Lipinski definition) is 3. The predicted molar refractivity (Wildman–Crippen MR) is 85.2 cm³/mol. The van der Waals surface area contributed by atoms with Gasteiger partial charge in [0.25, 0.3) is 0 Å². The van der Waals surface area contributed by atoms with Crippen LogP contribution in [0, 0.1) is 5.92 Å². The molecule has 1 N–H and O–H groups in total. The zero-order valence-electron chi connectivity index (χ0n) is 12.7. The second-order valence-electron chi connectivity index (χ2n) is 4.93. The summed E-state index contributed by atoms with van der Waals surface area (Å²) in [4.78, 5) is 6.75. The van der Waals surface area contributed by atoms with Gasteiger partial charge in [-0.25, -0.2) is 0 Å². The van der Waals surface area contributed by atoms with E-state index in [1.165, 1.54) is 25.0 Å². The van der Waals surface area contributed by atoms with Gasteiger partial charge in [-0.2, -0.15) is 11.8 Å². The molecule has 1 saturated heterocycles. The van der Waals surface area contributed by atoms with E-state index in [1.54, 1.807) is 0 Å². The second-order valence-corrected chi connectivity index (χ2v) is 5.92. The lowest BCUT2D eigenvalue weighted by molar-refractivity contribution is 0.114. The van der Waals surface area contributed by atoms with Gasteiger partial charge in [0.2, 0.25) is 0 Å². The van der Waals surface area contributed by atoms with Gasteiger partial charge >= 0.3 is 0 Å². The smallest absolute Gasteiger partial charge is 0.193 e. The minimum absolute atomic E-state index is 0.662. The fourth-order valence-corrected chi connectivity index (χ4v) is 2.84. The van der Waals surface area contributed by atoms with E-state index in [4.69, 9.17) is 4.74 Å². The van der Waals surface area contributed by atoms with E-state index in [9.17, 15) is 0 Å². The Morgan fingerprint density at radius 3 is 3.00 bits per heavy atom. The van der Waals surface area contributed by atoms with Crippen LogP contribution >= 0.6 is 11.8 Å². The van der Waals surface area contributed by atoms with Crippen molar-refractivity contribution < 1.29 is 4.74 Å². The predicted octanol–water partition coefficient (Wildman–Crippen LogP) is 2.06. The number of nitrogens with zero attached hydrogens (tertiary/aromatic N) is 2. The van der Waals surface area contributed by atoms with E-state index >= 15 is 0 Å². The van der Waals surface area contributed by atoms with Crippen molar-refractivity contribution in [3.05, 3.63) is 0 Å². The van der Waals surface area contributed by atoms with Gasteiger partial charge in [0.05, 0.1) is 6.61 Å². The molecule has 1 unspecified atom stereocenters. The number of nitrogens with one attached hydrogen (secondary N) is 1. The summed E-state index contributed by atoms with van der Waals surface area (Å²) in [7, 11) is 1.88. The van der Waals surface area contributed by atoms with Crippen LogP contribution in [0.25, 0.3) is 0 Å². The van der Waals surface area contributed by atoms with Gasteiger partial charge in [0.15, 0.2) is 5.96 Å². The van der Waals surface area contributed by atoms with E-state index in [0.717, 1.165) is 38.8 Å². The Morgan fingerprint density at radius 1 is 1.47 bits per heavy atom. The Bertz CT molecular complexity index is 261. The number of likely N-dealkylation sites (tertiary alicyclic amines) is 1. The Morgan fingerprint density at radius 2 is 2.32 bits per heavy atom. The average Bonchev–Trinajstić information content (AvgIpc) is 2.89. The number of rotatable bonds is 8. The molecule has 0 aromatic heterocycles. The van der Waals surface area contributed by atoms with Crippen LogP contribution in [0.5, 0.6) is 0 Å². The van der Waals surface area contributed by atoms with Crippen LogP contribution in [0.3, 0.4) is 0 Å². The minimum atomic E-state index is 0.662. The first-order valence-corrected chi connectivity index (χ1v) is 8.73. The topological polar surface area (TPSA) is 36.9 Å². The van der Waals surface area contributed by atoms with E-state index < -0.39 is 0 Å². The highest BCUT2D eigenvalue weighted by atomic mass is 32.2. The van der Waals surface area contributed by atoms with Crippen molar-refractivity contribution in [2.75, 3.05) is 51.9 Å². The maximum absolute atomic E-state index is 5.52. The number of unbranched alkanes of at least 4 members (excludes halogenated alkanes) is 1. The summed E-state index contributed by atoms with van der Waals surface area (Å²) < 4.78 is 5.52. The Balaban J connectivity index is 2.21. The first-order valence-electron chi connectivity index (χ1n) is 7.34. The quantitative estimate of drug-likeness (QED) is 0.421. The first-order chi connectivity index (χ1) is 9.31. The summed E-state index contributed by atoms with van der Waals surface area (Å²) in [5.41, 5.74) is 0. The lowest BCUT2D eigenvalue weighted by Gasteiger charge is -2.21. The Hall–Kier alpha value is -0.420. The third kappa shape index (κ3) is 6.52. The minimum Gasteiger partial charge on any atom is -0.381 e. The van der Waals surface area contributed by atoms with E-state index in [1.807, 2.05) is 18.8 Å². The van der Waals surface area contributed by atoms with Crippen molar-refractivity contribution in [2.45, 2.75) is 26.2 Å². The molecule has 4 nitrogen and oxygen atoms in total. The van der Waals surface area contributed by atoms with Gasteiger partial charge in [0, 0.05) is 39.2 Å². The van der Waals surface area contributed by atoms with Crippen molar-refractivity contribution in [1.29, 1.82) is 0 Å². The van der Waals surface area contributed by atoms with Crippen LogP contribution in [-0.4, -0.2) is 62.8 Å². The fourth-order valence-electron chi connectivity index (χ4n) is 2.35. The molecule has 1 heterocycles. The lowest BCUT2D eigenvalue weighted by Crippen LogP contribution is -2.40. The van der Waals surface area contributed by atoms with Gasteiger partial charge in [-0.15, -0.1) is 0 Å². The molecule has 19 heavy (non-hydrogen) atoms. The Kier molecular flexibility index (Phi) is 9.08. The summed E-state index contributed by atoms with van der Waals surface area (Å²) in [5, 5.41) is 3.47. The van der Waals surface area contributed by atoms with Gasteiger partial charge < -0.3 is 15.0 Å². The number of aliphatic imine (C=N–C) groups is 1. The molecule has 112 valence electrons. The molecule has 1 fully saturated rings. The molecule has 0 radical (unpaired) electrons. The summed E-state index contributed by atoms with van der Waals surface area (Å²) in [5.74, 6) is 2.97. The van der Waals surface area contributed by atoms with Gasteiger partial charge in [-0.3, -0.25) is 4.99 Å². The molecule has 1 atom stereocenters. The average molecular weight is 287 g/mol. The fraction of sp³-hybridized carbons (Fsp3) is 0.929. The molecule has 1 aliphatic rings. The standard InChI is InChI=1S/C14H29N3OS/c1-4-18-12-13-7-9-17(11-13)14(15-2)16-8-5-6-10-19-3/h13H,4-12H2,1-3H3,(H,15,16). The largest absolute Gasteiger partial charge is 0.381 e. The maximum atomic E-state index is 5.52. The third-order valence-electron chi connectivity index (χ3n) is 3.41. The van der Waals surface area contributed by atoms with Crippen molar-refractivity contribution in [2.24, 2.45) is 10.9 Å². The normalized spacial score (nSPS) is 20.1. The molecule has 0 spiro atoms. The zero-order valence-corrected chi connectivity index (χ0v) is 13.5. The van der Waals surface area contributed by atoms with Crippen molar-refractivity contribution in [1.82, 2.24) is 10.2 Å². The van der Waals surface area contributed by atoms with Crippen LogP contribution < -0.4 is 5.32 Å². The second kappa shape index (κ2) is 10.4.